The average Bonchev–Trinajstić information content (AvgIpc) is 2.97. The van der Waals surface area contributed by atoms with Crippen molar-refractivity contribution in [1.29, 1.82) is 0 Å². The zero-order valence-electron chi connectivity index (χ0n) is 12.2. The molecule has 110 valence electrons. The lowest BCUT2D eigenvalue weighted by molar-refractivity contribution is 0.356. The predicted octanol–water partition coefficient (Wildman–Crippen LogP) is 4.62. The second-order valence-electron chi connectivity index (χ2n) is 5.43. The van der Waals surface area contributed by atoms with Gasteiger partial charge in [-0.15, -0.1) is 0 Å². The first-order valence-corrected chi connectivity index (χ1v) is 8.29. The van der Waals surface area contributed by atoms with Gasteiger partial charge in [-0.3, -0.25) is 0 Å². The van der Waals surface area contributed by atoms with E-state index in [0.29, 0.717) is 6.04 Å². The summed E-state index contributed by atoms with van der Waals surface area (Å²) in [6.07, 6.45) is 2.11. The lowest BCUT2D eigenvalue weighted by Crippen LogP contribution is -2.20. The number of nitrogens with one attached hydrogen (secondary N) is 1. The van der Waals surface area contributed by atoms with E-state index in [1.165, 1.54) is 16.7 Å². The van der Waals surface area contributed by atoms with Crippen molar-refractivity contribution in [2.45, 2.75) is 32.4 Å². The Morgan fingerprint density at radius 3 is 2.76 bits per heavy atom. The van der Waals surface area contributed by atoms with Crippen molar-refractivity contribution in [3.05, 3.63) is 63.6 Å². The Balaban J connectivity index is 1.68. The molecule has 0 amide bonds. The maximum Gasteiger partial charge on any atom is 0.122 e. The minimum absolute atomic E-state index is 0.388. The van der Waals surface area contributed by atoms with Crippen LogP contribution < -0.4 is 10.1 Å². The average molecular weight is 346 g/mol. The van der Waals surface area contributed by atoms with Crippen LogP contribution >= 0.6 is 15.9 Å². The van der Waals surface area contributed by atoms with Crippen LogP contribution in [0.3, 0.4) is 0 Å². The zero-order chi connectivity index (χ0) is 14.7. The van der Waals surface area contributed by atoms with Gasteiger partial charge in [-0.05, 0) is 41.3 Å². The number of hydrogen-bond acceptors (Lipinski definition) is 2. The maximum absolute atomic E-state index is 5.58. The lowest BCUT2D eigenvalue weighted by atomic mass is 10.0. The number of rotatable bonds is 5. The SMILES string of the molecule is CCC(NCc1ccc(Br)cc1)c1ccc2c(c1)CCO2. The number of hydrogen-bond donors (Lipinski definition) is 1. The van der Waals surface area contributed by atoms with Gasteiger partial charge in [0.05, 0.1) is 6.61 Å². The van der Waals surface area contributed by atoms with Gasteiger partial charge in [0.1, 0.15) is 5.75 Å². The summed E-state index contributed by atoms with van der Waals surface area (Å²) in [6.45, 7) is 3.93. The van der Waals surface area contributed by atoms with Gasteiger partial charge in [-0.25, -0.2) is 0 Å². The highest BCUT2D eigenvalue weighted by Gasteiger charge is 2.15. The molecule has 2 aromatic rings. The van der Waals surface area contributed by atoms with Crippen molar-refractivity contribution in [1.82, 2.24) is 5.32 Å². The first kappa shape index (κ1) is 14.6. The van der Waals surface area contributed by atoms with Crippen LogP contribution in [-0.4, -0.2) is 6.61 Å². The van der Waals surface area contributed by atoms with Gasteiger partial charge in [0.15, 0.2) is 0 Å². The molecule has 2 nitrogen and oxygen atoms in total. The topological polar surface area (TPSA) is 21.3 Å². The summed E-state index contributed by atoms with van der Waals surface area (Å²) in [5.74, 6) is 1.06. The standard InChI is InChI=1S/C18H20BrNO/c1-2-17(20-12-13-3-6-16(19)7-4-13)14-5-8-18-15(11-14)9-10-21-18/h3-8,11,17,20H,2,9-10,12H2,1H3. The van der Waals surface area contributed by atoms with Gasteiger partial charge < -0.3 is 10.1 Å². The van der Waals surface area contributed by atoms with Crippen molar-refractivity contribution < 1.29 is 4.74 Å². The summed E-state index contributed by atoms with van der Waals surface area (Å²) in [5, 5.41) is 3.66. The second kappa shape index (κ2) is 6.63. The molecule has 1 unspecified atom stereocenters. The largest absolute Gasteiger partial charge is 0.493 e. The van der Waals surface area contributed by atoms with Crippen LogP contribution in [0.15, 0.2) is 46.9 Å². The van der Waals surface area contributed by atoms with E-state index < -0.39 is 0 Å². The number of fused-ring (bicyclic) bond motifs is 1. The second-order valence-corrected chi connectivity index (χ2v) is 6.35. The fourth-order valence-corrected chi connectivity index (χ4v) is 3.03. The smallest absolute Gasteiger partial charge is 0.122 e. The Morgan fingerprint density at radius 2 is 2.00 bits per heavy atom. The van der Waals surface area contributed by atoms with E-state index in [1.54, 1.807) is 0 Å². The van der Waals surface area contributed by atoms with Crippen molar-refractivity contribution in [2.75, 3.05) is 6.61 Å². The fraction of sp³-hybridized carbons (Fsp3) is 0.333. The minimum atomic E-state index is 0.388. The molecule has 1 aliphatic rings. The summed E-state index contributed by atoms with van der Waals surface area (Å²) < 4.78 is 6.70. The van der Waals surface area contributed by atoms with Gasteiger partial charge in [0.2, 0.25) is 0 Å². The van der Waals surface area contributed by atoms with Crippen LogP contribution in [0.25, 0.3) is 0 Å². The van der Waals surface area contributed by atoms with Gasteiger partial charge in [-0.2, -0.15) is 0 Å². The Kier molecular flexibility index (Phi) is 4.61. The molecule has 21 heavy (non-hydrogen) atoms. The van der Waals surface area contributed by atoms with E-state index in [1.807, 2.05) is 0 Å². The van der Waals surface area contributed by atoms with Gasteiger partial charge in [0, 0.05) is 23.5 Å². The number of ether oxygens (including phenoxy) is 1. The Morgan fingerprint density at radius 1 is 1.19 bits per heavy atom. The third-order valence-corrected chi connectivity index (χ3v) is 4.52. The van der Waals surface area contributed by atoms with Gasteiger partial charge in [-0.1, -0.05) is 47.1 Å². The molecule has 0 spiro atoms. The van der Waals surface area contributed by atoms with E-state index in [-0.39, 0.29) is 0 Å². The van der Waals surface area contributed by atoms with E-state index >= 15 is 0 Å². The van der Waals surface area contributed by atoms with Crippen LogP contribution in [0.1, 0.15) is 36.1 Å². The van der Waals surface area contributed by atoms with Gasteiger partial charge in [0.25, 0.3) is 0 Å². The zero-order valence-corrected chi connectivity index (χ0v) is 13.8. The molecule has 0 saturated carbocycles. The van der Waals surface area contributed by atoms with Crippen LogP contribution in [0.2, 0.25) is 0 Å². The molecular weight excluding hydrogens is 326 g/mol. The summed E-state index contributed by atoms with van der Waals surface area (Å²) >= 11 is 3.47. The van der Waals surface area contributed by atoms with E-state index in [2.05, 4.69) is 70.6 Å². The van der Waals surface area contributed by atoms with Crippen LogP contribution in [0, 0.1) is 0 Å². The highest BCUT2D eigenvalue weighted by Crippen LogP contribution is 2.29. The van der Waals surface area contributed by atoms with E-state index in [9.17, 15) is 0 Å². The predicted molar refractivity (Wildman–Crippen MR) is 89.7 cm³/mol. The van der Waals surface area contributed by atoms with Crippen molar-refractivity contribution >= 4 is 15.9 Å². The Hall–Kier alpha value is -1.32. The summed E-state index contributed by atoms with van der Waals surface area (Å²) in [5.41, 5.74) is 4.01. The molecule has 0 fully saturated rings. The molecule has 1 N–H and O–H groups in total. The monoisotopic (exact) mass is 345 g/mol. The van der Waals surface area contributed by atoms with Crippen LogP contribution in [-0.2, 0) is 13.0 Å². The maximum atomic E-state index is 5.58. The molecule has 0 saturated heterocycles. The Bertz CT molecular complexity index is 609. The highest BCUT2D eigenvalue weighted by molar-refractivity contribution is 9.10. The molecule has 1 atom stereocenters. The summed E-state index contributed by atoms with van der Waals surface area (Å²) in [7, 11) is 0. The normalized spacial score (nSPS) is 14.6. The molecule has 1 aliphatic heterocycles. The molecule has 0 aromatic heterocycles. The lowest BCUT2D eigenvalue weighted by Gasteiger charge is -2.18. The molecule has 0 radical (unpaired) electrons. The third kappa shape index (κ3) is 3.47. The quantitative estimate of drug-likeness (QED) is 0.853. The van der Waals surface area contributed by atoms with Crippen molar-refractivity contribution in [3.8, 4) is 5.75 Å². The van der Waals surface area contributed by atoms with E-state index in [0.717, 1.165) is 36.2 Å². The Labute approximate surface area is 134 Å². The molecule has 2 aromatic carbocycles. The van der Waals surface area contributed by atoms with Crippen LogP contribution in [0.5, 0.6) is 5.75 Å². The molecule has 0 aliphatic carbocycles. The molecule has 3 rings (SSSR count). The van der Waals surface area contributed by atoms with Crippen LogP contribution in [0.4, 0.5) is 0 Å². The minimum Gasteiger partial charge on any atom is -0.493 e. The number of halogens is 1. The summed E-state index contributed by atoms with van der Waals surface area (Å²) in [4.78, 5) is 0. The summed E-state index contributed by atoms with van der Waals surface area (Å²) in [6, 6.07) is 15.5. The van der Waals surface area contributed by atoms with E-state index in [4.69, 9.17) is 4.74 Å². The molecule has 1 heterocycles. The molecule has 3 heteroatoms. The molecule has 0 bridgehead atoms. The third-order valence-electron chi connectivity index (χ3n) is 3.99. The highest BCUT2D eigenvalue weighted by atomic mass is 79.9. The first-order valence-electron chi connectivity index (χ1n) is 7.49. The van der Waals surface area contributed by atoms with Crippen molar-refractivity contribution in [3.63, 3.8) is 0 Å². The first-order chi connectivity index (χ1) is 10.3. The fourth-order valence-electron chi connectivity index (χ4n) is 2.76. The van der Waals surface area contributed by atoms with Gasteiger partial charge >= 0.3 is 0 Å². The van der Waals surface area contributed by atoms with Crippen molar-refractivity contribution in [2.24, 2.45) is 0 Å². The molecular formula is C18H20BrNO. The number of benzene rings is 2.